The lowest BCUT2D eigenvalue weighted by Crippen LogP contribution is -2.39. The van der Waals surface area contributed by atoms with E-state index in [1.807, 2.05) is 19.1 Å². The van der Waals surface area contributed by atoms with Crippen molar-refractivity contribution >= 4 is 17.7 Å². The van der Waals surface area contributed by atoms with E-state index in [1.54, 1.807) is 20.2 Å². The van der Waals surface area contributed by atoms with Gasteiger partial charge in [-0.15, -0.1) is 0 Å². The largest absolute Gasteiger partial charge is 0.382 e. The molecule has 1 aromatic rings. The van der Waals surface area contributed by atoms with Crippen LogP contribution in [0.4, 0.5) is 5.82 Å². The second kappa shape index (κ2) is 13.1. The lowest BCUT2D eigenvalue weighted by atomic mass is 10.3. The number of nitrogens with zero attached hydrogens (tertiary/aromatic N) is 2. The van der Waals surface area contributed by atoms with Crippen molar-refractivity contribution < 1.29 is 14.3 Å². The average molecular weight is 351 g/mol. The first kappa shape index (κ1) is 20.9. The van der Waals surface area contributed by atoms with Gasteiger partial charge in [0.2, 0.25) is 5.91 Å². The Morgan fingerprint density at radius 3 is 2.72 bits per heavy atom. The van der Waals surface area contributed by atoms with Gasteiger partial charge in [0.1, 0.15) is 5.82 Å². The lowest BCUT2D eigenvalue weighted by molar-refractivity contribution is -0.116. The molecule has 140 valence electrons. The smallest absolute Gasteiger partial charge is 0.227 e. The highest BCUT2D eigenvalue weighted by molar-refractivity contribution is 5.90. The Kier molecular flexibility index (Phi) is 11.0. The first-order valence-corrected chi connectivity index (χ1v) is 8.40. The minimum absolute atomic E-state index is 0.0902. The van der Waals surface area contributed by atoms with Crippen LogP contribution >= 0.6 is 0 Å². The first-order valence-electron chi connectivity index (χ1n) is 8.40. The standard InChI is InChI=1S/C17H29N5O3/c1-14-6-4-7-15(21-14)22-16(23)8-10-20-17(18-2)19-9-5-11-25-13-12-24-3/h4,6-7H,5,8-13H2,1-3H3,(H2,18,19,20)(H,21,22,23). The quantitative estimate of drug-likeness (QED) is 0.312. The van der Waals surface area contributed by atoms with Gasteiger partial charge in [-0.3, -0.25) is 9.79 Å². The second-order valence-corrected chi connectivity index (χ2v) is 5.35. The summed E-state index contributed by atoms with van der Waals surface area (Å²) in [5, 5.41) is 9.05. The van der Waals surface area contributed by atoms with Gasteiger partial charge in [0.25, 0.3) is 0 Å². The summed E-state index contributed by atoms with van der Waals surface area (Å²) in [6.07, 6.45) is 1.19. The SMILES string of the molecule is CN=C(NCCCOCCOC)NCCC(=O)Nc1cccc(C)n1. The average Bonchev–Trinajstić information content (AvgIpc) is 2.59. The fourth-order valence-corrected chi connectivity index (χ4v) is 1.96. The number of carbonyl (C=O) groups excluding carboxylic acids is 1. The van der Waals surface area contributed by atoms with E-state index in [2.05, 4.69) is 25.9 Å². The van der Waals surface area contributed by atoms with E-state index in [0.29, 0.717) is 44.6 Å². The molecule has 1 heterocycles. The summed E-state index contributed by atoms with van der Waals surface area (Å²) in [4.78, 5) is 20.3. The molecule has 0 fully saturated rings. The van der Waals surface area contributed by atoms with Crippen LogP contribution in [0.5, 0.6) is 0 Å². The predicted molar refractivity (Wildman–Crippen MR) is 98.9 cm³/mol. The summed E-state index contributed by atoms with van der Waals surface area (Å²) in [6.45, 7) is 4.99. The Morgan fingerprint density at radius 2 is 2.00 bits per heavy atom. The highest BCUT2D eigenvalue weighted by Crippen LogP contribution is 2.03. The number of amides is 1. The van der Waals surface area contributed by atoms with Gasteiger partial charge < -0.3 is 25.4 Å². The normalized spacial score (nSPS) is 11.2. The summed E-state index contributed by atoms with van der Waals surface area (Å²) < 4.78 is 10.3. The molecule has 0 aromatic carbocycles. The molecule has 0 aliphatic carbocycles. The van der Waals surface area contributed by atoms with Crippen LogP contribution in [0.2, 0.25) is 0 Å². The molecule has 1 amide bonds. The number of carbonyl (C=O) groups is 1. The Hall–Kier alpha value is -2.19. The molecule has 1 aromatic heterocycles. The molecule has 1 rings (SSSR count). The van der Waals surface area contributed by atoms with E-state index < -0.39 is 0 Å². The molecule has 0 radical (unpaired) electrons. The maximum Gasteiger partial charge on any atom is 0.227 e. The zero-order valence-corrected chi connectivity index (χ0v) is 15.3. The highest BCUT2D eigenvalue weighted by Gasteiger charge is 2.04. The van der Waals surface area contributed by atoms with E-state index in [9.17, 15) is 4.79 Å². The highest BCUT2D eigenvalue weighted by atomic mass is 16.5. The Morgan fingerprint density at radius 1 is 1.20 bits per heavy atom. The van der Waals surface area contributed by atoms with Crippen LogP contribution in [-0.2, 0) is 14.3 Å². The van der Waals surface area contributed by atoms with Crippen LogP contribution in [0.15, 0.2) is 23.2 Å². The molecule has 8 nitrogen and oxygen atoms in total. The second-order valence-electron chi connectivity index (χ2n) is 5.35. The number of nitrogens with one attached hydrogen (secondary N) is 3. The van der Waals surface area contributed by atoms with Crippen LogP contribution in [0.1, 0.15) is 18.5 Å². The maximum absolute atomic E-state index is 11.9. The summed E-state index contributed by atoms with van der Waals surface area (Å²) in [5.41, 5.74) is 0.867. The van der Waals surface area contributed by atoms with Crippen LogP contribution in [0.3, 0.4) is 0 Å². The van der Waals surface area contributed by atoms with E-state index in [0.717, 1.165) is 18.7 Å². The minimum Gasteiger partial charge on any atom is -0.382 e. The van der Waals surface area contributed by atoms with Gasteiger partial charge in [-0.2, -0.15) is 0 Å². The van der Waals surface area contributed by atoms with E-state index in [-0.39, 0.29) is 5.91 Å². The van der Waals surface area contributed by atoms with Crippen molar-refractivity contribution in [3.05, 3.63) is 23.9 Å². The van der Waals surface area contributed by atoms with Crippen molar-refractivity contribution in [1.82, 2.24) is 15.6 Å². The zero-order valence-electron chi connectivity index (χ0n) is 15.3. The third kappa shape index (κ3) is 10.3. The van der Waals surface area contributed by atoms with Crippen molar-refractivity contribution in [2.45, 2.75) is 19.8 Å². The van der Waals surface area contributed by atoms with E-state index in [4.69, 9.17) is 9.47 Å². The van der Waals surface area contributed by atoms with Gasteiger partial charge >= 0.3 is 0 Å². The van der Waals surface area contributed by atoms with Crippen molar-refractivity contribution in [3.63, 3.8) is 0 Å². The Bertz CT molecular complexity index is 537. The third-order valence-corrected chi connectivity index (χ3v) is 3.21. The molecule has 0 aliphatic rings. The van der Waals surface area contributed by atoms with Crippen molar-refractivity contribution in [2.75, 3.05) is 52.4 Å². The van der Waals surface area contributed by atoms with Crippen LogP contribution in [0, 0.1) is 6.92 Å². The number of rotatable bonds is 11. The zero-order chi connectivity index (χ0) is 18.3. The van der Waals surface area contributed by atoms with E-state index >= 15 is 0 Å². The summed E-state index contributed by atoms with van der Waals surface area (Å²) >= 11 is 0. The monoisotopic (exact) mass is 351 g/mol. The topological polar surface area (TPSA) is 96.9 Å². The van der Waals surface area contributed by atoms with Crippen LogP contribution < -0.4 is 16.0 Å². The van der Waals surface area contributed by atoms with Gasteiger partial charge in [-0.25, -0.2) is 4.98 Å². The van der Waals surface area contributed by atoms with Crippen molar-refractivity contribution in [2.24, 2.45) is 4.99 Å². The fraction of sp³-hybridized carbons (Fsp3) is 0.588. The van der Waals surface area contributed by atoms with Crippen LogP contribution in [0.25, 0.3) is 0 Å². The minimum atomic E-state index is -0.0902. The number of methoxy groups -OCH3 is 1. The van der Waals surface area contributed by atoms with Gasteiger partial charge in [0, 0.05) is 46.0 Å². The number of aromatic nitrogens is 1. The maximum atomic E-state index is 11.9. The number of guanidine groups is 1. The number of aryl methyl sites for hydroxylation is 1. The molecule has 0 saturated carbocycles. The first-order chi connectivity index (χ1) is 12.2. The fourth-order valence-electron chi connectivity index (χ4n) is 1.96. The molecule has 0 aliphatic heterocycles. The molecule has 3 N–H and O–H groups in total. The van der Waals surface area contributed by atoms with Crippen LogP contribution in [-0.4, -0.2) is 63.9 Å². The van der Waals surface area contributed by atoms with Crippen molar-refractivity contribution in [1.29, 1.82) is 0 Å². The number of anilines is 1. The number of ether oxygens (including phenoxy) is 2. The molecular formula is C17H29N5O3. The van der Waals surface area contributed by atoms with E-state index in [1.165, 1.54) is 0 Å². The summed E-state index contributed by atoms with van der Waals surface area (Å²) in [7, 11) is 3.35. The van der Waals surface area contributed by atoms with Gasteiger partial charge in [0.15, 0.2) is 5.96 Å². The summed E-state index contributed by atoms with van der Waals surface area (Å²) in [5.74, 6) is 1.15. The molecule has 8 heteroatoms. The molecule has 0 atom stereocenters. The molecule has 0 bridgehead atoms. The predicted octanol–water partition coefficient (Wildman–Crippen LogP) is 0.937. The molecule has 0 spiro atoms. The third-order valence-electron chi connectivity index (χ3n) is 3.21. The van der Waals surface area contributed by atoms with Gasteiger partial charge in [-0.05, 0) is 25.5 Å². The number of hydrogen-bond donors (Lipinski definition) is 3. The molecule has 25 heavy (non-hydrogen) atoms. The Labute approximate surface area is 149 Å². The lowest BCUT2D eigenvalue weighted by Gasteiger charge is -2.12. The van der Waals surface area contributed by atoms with Gasteiger partial charge in [-0.1, -0.05) is 6.07 Å². The van der Waals surface area contributed by atoms with Crippen molar-refractivity contribution in [3.8, 4) is 0 Å². The Balaban J connectivity index is 2.12. The molecular weight excluding hydrogens is 322 g/mol. The number of hydrogen-bond acceptors (Lipinski definition) is 5. The molecule has 0 saturated heterocycles. The summed E-state index contributed by atoms with van der Waals surface area (Å²) in [6, 6.07) is 5.52. The number of pyridine rings is 1. The van der Waals surface area contributed by atoms with Gasteiger partial charge in [0.05, 0.1) is 13.2 Å². The molecule has 0 unspecified atom stereocenters. The number of aliphatic imine (C=N–C) groups is 1.